The zero-order chi connectivity index (χ0) is 14.7. The third kappa shape index (κ3) is 4.01. The zero-order valence-corrected chi connectivity index (χ0v) is 14.2. The van der Waals surface area contributed by atoms with Crippen molar-refractivity contribution in [2.24, 2.45) is 5.92 Å². The number of hydrogen-bond acceptors (Lipinski definition) is 5. The largest absolute Gasteiger partial charge is 0.298 e. The molecule has 1 aliphatic rings. The lowest BCUT2D eigenvalue weighted by atomic mass is 10.2. The van der Waals surface area contributed by atoms with Gasteiger partial charge in [0.1, 0.15) is 12.2 Å². The fourth-order valence-electron chi connectivity index (χ4n) is 2.15. The van der Waals surface area contributed by atoms with Crippen LogP contribution >= 0.6 is 23.5 Å². The second-order valence-corrected chi connectivity index (χ2v) is 8.76. The van der Waals surface area contributed by atoms with Crippen LogP contribution in [0.5, 0.6) is 0 Å². The van der Waals surface area contributed by atoms with E-state index in [0.29, 0.717) is 28.6 Å². The minimum Gasteiger partial charge on any atom is -0.298 e. The zero-order valence-electron chi connectivity index (χ0n) is 12.6. The number of Topliss-reactive ketones (excluding diaryl/α,β-unsaturated/α-hetero) is 1. The Balaban J connectivity index is 1.96. The minimum atomic E-state index is 0.107. The molecule has 112 valence electrons. The van der Waals surface area contributed by atoms with Gasteiger partial charge < -0.3 is 0 Å². The average Bonchev–Trinajstić information content (AvgIpc) is 2.79. The molecule has 20 heavy (non-hydrogen) atoms. The molecule has 1 aromatic rings. The van der Waals surface area contributed by atoms with Crippen LogP contribution in [-0.4, -0.2) is 42.1 Å². The molecule has 0 bridgehead atoms. The van der Waals surface area contributed by atoms with Gasteiger partial charge in [0.15, 0.2) is 5.78 Å². The van der Waals surface area contributed by atoms with Gasteiger partial charge in [-0.25, -0.2) is 9.67 Å². The first-order chi connectivity index (χ1) is 9.47. The summed E-state index contributed by atoms with van der Waals surface area (Å²) >= 11 is 3.72. The SMILES string of the molecule is CC(C)Cn1ncnc1CC(=O)C1CSC(C)C(C)S1. The molecule has 2 heterocycles. The summed E-state index contributed by atoms with van der Waals surface area (Å²) in [5.41, 5.74) is 0. The van der Waals surface area contributed by atoms with E-state index in [4.69, 9.17) is 0 Å². The van der Waals surface area contributed by atoms with Gasteiger partial charge in [-0.15, -0.1) is 11.8 Å². The Bertz CT molecular complexity index is 461. The molecule has 1 fully saturated rings. The summed E-state index contributed by atoms with van der Waals surface area (Å²) in [6, 6.07) is 0. The number of aromatic nitrogens is 3. The van der Waals surface area contributed by atoms with Gasteiger partial charge in [-0.2, -0.15) is 16.9 Å². The van der Waals surface area contributed by atoms with Gasteiger partial charge in [0.25, 0.3) is 0 Å². The van der Waals surface area contributed by atoms with Crippen LogP contribution in [0.3, 0.4) is 0 Å². The van der Waals surface area contributed by atoms with E-state index in [0.717, 1.165) is 18.1 Å². The van der Waals surface area contributed by atoms with E-state index in [1.165, 1.54) is 0 Å². The molecule has 0 spiro atoms. The van der Waals surface area contributed by atoms with Gasteiger partial charge in [0.05, 0.1) is 11.7 Å². The Kier molecular flexibility index (Phi) is 5.55. The summed E-state index contributed by atoms with van der Waals surface area (Å²) in [7, 11) is 0. The Labute approximate surface area is 129 Å². The van der Waals surface area contributed by atoms with Crippen LogP contribution in [-0.2, 0) is 17.8 Å². The normalized spacial score (nSPS) is 26.9. The lowest BCUT2D eigenvalue weighted by molar-refractivity contribution is -0.117. The van der Waals surface area contributed by atoms with Crippen LogP contribution in [0.25, 0.3) is 0 Å². The highest BCUT2D eigenvalue weighted by molar-refractivity contribution is 8.08. The van der Waals surface area contributed by atoms with Crippen molar-refractivity contribution in [2.45, 2.75) is 56.4 Å². The highest BCUT2D eigenvalue weighted by atomic mass is 32.2. The van der Waals surface area contributed by atoms with Crippen LogP contribution in [0.1, 0.15) is 33.5 Å². The number of nitrogens with zero attached hydrogens (tertiary/aromatic N) is 3. The smallest absolute Gasteiger partial charge is 0.154 e. The lowest BCUT2D eigenvalue weighted by Crippen LogP contribution is -2.33. The lowest BCUT2D eigenvalue weighted by Gasteiger charge is -2.30. The van der Waals surface area contributed by atoms with Gasteiger partial charge in [0.2, 0.25) is 0 Å². The van der Waals surface area contributed by atoms with E-state index in [2.05, 4.69) is 37.8 Å². The summed E-state index contributed by atoms with van der Waals surface area (Å²) < 4.78 is 1.87. The molecule has 0 radical (unpaired) electrons. The van der Waals surface area contributed by atoms with Crippen molar-refractivity contribution in [3.63, 3.8) is 0 Å². The van der Waals surface area contributed by atoms with Gasteiger partial charge in [-0.1, -0.05) is 27.7 Å². The monoisotopic (exact) mass is 313 g/mol. The first-order valence-corrected chi connectivity index (χ1v) is 9.13. The van der Waals surface area contributed by atoms with E-state index in [1.807, 2.05) is 28.2 Å². The second kappa shape index (κ2) is 6.98. The maximum Gasteiger partial charge on any atom is 0.154 e. The third-order valence-electron chi connectivity index (χ3n) is 3.48. The number of thioether (sulfide) groups is 2. The van der Waals surface area contributed by atoms with Crippen LogP contribution < -0.4 is 0 Å². The molecule has 0 aliphatic carbocycles. The highest BCUT2D eigenvalue weighted by Gasteiger charge is 2.30. The summed E-state index contributed by atoms with van der Waals surface area (Å²) in [4.78, 5) is 16.7. The Morgan fingerprint density at radius 2 is 2.20 bits per heavy atom. The highest BCUT2D eigenvalue weighted by Crippen LogP contribution is 2.36. The summed E-state index contributed by atoms with van der Waals surface area (Å²) in [5, 5.41) is 5.50. The van der Waals surface area contributed by atoms with Crippen molar-refractivity contribution >= 4 is 29.3 Å². The fourth-order valence-corrected chi connectivity index (χ4v) is 5.03. The van der Waals surface area contributed by atoms with Gasteiger partial charge in [-0.05, 0) is 5.92 Å². The molecule has 0 saturated carbocycles. The van der Waals surface area contributed by atoms with E-state index < -0.39 is 0 Å². The molecule has 1 aromatic heterocycles. The third-order valence-corrected chi connectivity index (χ3v) is 6.91. The van der Waals surface area contributed by atoms with Crippen molar-refractivity contribution in [3.05, 3.63) is 12.2 Å². The first-order valence-electron chi connectivity index (χ1n) is 7.13. The summed E-state index contributed by atoms with van der Waals surface area (Å²) in [5.74, 6) is 2.53. The molecular formula is C14H23N3OS2. The van der Waals surface area contributed by atoms with Crippen LogP contribution in [0.2, 0.25) is 0 Å². The first kappa shape index (κ1) is 15.9. The van der Waals surface area contributed by atoms with E-state index in [1.54, 1.807) is 6.33 Å². The Hall–Kier alpha value is -0.490. The number of rotatable bonds is 5. The number of ketones is 1. The number of carbonyl (C=O) groups excluding carboxylic acids is 1. The fraction of sp³-hybridized carbons (Fsp3) is 0.786. The van der Waals surface area contributed by atoms with Crippen molar-refractivity contribution in [3.8, 4) is 0 Å². The molecule has 0 amide bonds. The predicted molar refractivity (Wildman–Crippen MR) is 86.3 cm³/mol. The molecule has 3 atom stereocenters. The quantitative estimate of drug-likeness (QED) is 0.836. The molecule has 0 N–H and O–H groups in total. The maximum absolute atomic E-state index is 12.4. The van der Waals surface area contributed by atoms with Crippen LogP contribution in [0.4, 0.5) is 0 Å². The van der Waals surface area contributed by atoms with Crippen molar-refractivity contribution in [1.82, 2.24) is 14.8 Å². The van der Waals surface area contributed by atoms with Crippen molar-refractivity contribution in [2.75, 3.05) is 5.75 Å². The minimum absolute atomic E-state index is 0.107. The van der Waals surface area contributed by atoms with Crippen LogP contribution in [0, 0.1) is 5.92 Å². The van der Waals surface area contributed by atoms with Crippen LogP contribution in [0.15, 0.2) is 6.33 Å². The molecule has 0 aromatic carbocycles. The van der Waals surface area contributed by atoms with E-state index in [-0.39, 0.29) is 5.25 Å². The molecule has 1 saturated heterocycles. The predicted octanol–water partition coefficient (Wildman–Crippen LogP) is 2.67. The molecular weight excluding hydrogens is 290 g/mol. The van der Waals surface area contributed by atoms with Crippen molar-refractivity contribution < 1.29 is 4.79 Å². The van der Waals surface area contributed by atoms with E-state index >= 15 is 0 Å². The van der Waals surface area contributed by atoms with Gasteiger partial charge >= 0.3 is 0 Å². The number of carbonyl (C=O) groups is 1. The summed E-state index contributed by atoms with van der Waals surface area (Å²) in [6.07, 6.45) is 1.96. The molecule has 3 unspecified atom stereocenters. The van der Waals surface area contributed by atoms with Crippen molar-refractivity contribution in [1.29, 1.82) is 0 Å². The molecule has 2 rings (SSSR count). The molecule has 6 heteroatoms. The Morgan fingerprint density at radius 3 is 2.85 bits per heavy atom. The Morgan fingerprint density at radius 1 is 1.45 bits per heavy atom. The molecule has 1 aliphatic heterocycles. The van der Waals surface area contributed by atoms with Gasteiger partial charge in [0, 0.05) is 22.8 Å². The topological polar surface area (TPSA) is 47.8 Å². The maximum atomic E-state index is 12.4. The average molecular weight is 313 g/mol. The molecule has 4 nitrogen and oxygen atoms in total. The standard InChI is InChI=1S/C14H23N3OS2/c1-9(2)6-17-14(15-8-16-17)5-12(18)13-7-19-10(3)11(4)20-13/h8-11,13H,5-7H2,1-4H3. The van der Waals surface area contributed by atoms with E-state index in [9.17, 15) is 4.79 Å². The second-order valence-electron chi connectivity index (χ2n) is 5.76. The van der Waals surface area contributed by atoms with Gasteiger partial charge in [-0.3, -0.25) is 4.79 Å². The number of hydrogen-bond donors (Lipinski definition) is 0. The summed E-state index contributed by atoms with van der Waals surface area (Å²) in [6.45, 7) is 9.56.